The van der Waals surface area contributed by atoms with Crippen LogP contribution in [0.4, 0.5) is 16.3 Å². The highest BCUT2D eigenvalue weighted by Gasteiger charge is 2.30. The van der Waals surface area contributed by atoms with Crippen molar-refractivity contribution < 1.29 is 14.5 Å². The Morgan fingerprint density at radius 1 is 1.55 bits per heavy atom. The predicted octanol–water partition coefficient (Wildman–Crippen LogP) is 2.09. The first kappa shape index (κ1) is 16.0. The molecule has 120 valence electrons. The first-order valence-corrected chi connectivity index (χ1v) is 7.10. The van der Waals surface area contributed by atoms with E-state index in [0.29, 0.717) is 25.3 Å². The van der Waals surface area contributed by atoms with Crippen molar-refractivity contribution in [2.24, 2.45) is 0 Å². The zero-order chi connectivity index (χ0) is 16.3. The summed E-state index contributed by atoms with van der Waals surface area (Å²) in [5, 5.41) is 13.8. The van der Waals surface area contributed by atoms with Crippen LogP contribution in [0.3, 0.4) is 0 Å². The van der Waals surface area contributed by atoms with Gasteiger partial charge in [0.1, 0.15) is 5.60 Å². The van der Waals surface area contributed by atoms with Gasteiger partial charge in [-0.05, 0) is 33.3 Å². The fraction of sp³-hybridized carbons (Fsp3) is 0.571. The molecule has 0 bridgehead atoms. The van der Waals surface area contributed by atoms with Crippen molar-refractivity contribution in [3.8, 4) is 0 Å². The third-order valence-electron chi connectivity index (χ3n) is 3.17. The van der Waals surface area contributed by atoms with E-state index < -0.39 is 16.6 Å². The van der Waals surface area contributed by atoms with Crippen LogP contribution in [0.15, 0.2) is 18.3 Å². The first-order valence-electron chi connectivity index (χ1n) is 7.10. The number of carbonyl (C=O) groups is 1. The largest absolute Gasteiger partial charge is 0.444 e. The molecule has 1 saturated heterocycles. The van der Waals surface area contributed by atoms with Gasteiger partial charge in [0.25, 0.3) is 0 Å². The summed E-state index contributed by atoms with van der Waals surface area (Å²) in [7, 11) is 0. The van der Waals surface area contributed by atoms with Crippen LogP contribution in [0, 0.1) is 10.1 Å². The number of hydrogen-bond acceptors (Lipinski definition) is 6. The number of anilines is 1. The van der Waals surface area contributed by atoms with Crippen molar-refractivity contribution in [3.63, 3.8) is 0 Å². The van der Waals surface area contributed by atoms with Gasteiger partial charge in [0.05, 0.1) is 11.0 Å². The van der Waals surface area contributed by atoms with Crippen molar-refractivity contribution in [1.82, 2.24) is 10.3 Å². The Hall–Kier alpha value is -2.38. The normalized spacial score (nSPS) is 18.1. The number of rotatable bonds is 3. The van der Waals surface area contributed by atoms with E-state index in [2.05, 4.69) is 10.3 Å². The number of amides is 1. The highest BCUT2D eigenvalue weighted by molar-refractivity contribution is 5.68. The van der Waals surface area contributed by atoms with Crippen LogP contribution in [-0.2, 0) is 4.74 Å². The van der Waals surface area contributed by atoms with Gasteiger partial charge < -0.3 is 15.0 Å². The Kier molecular flexibility index (Phi) is 4.48. The molecule has 2 heterocycles. The Balaban J connectivity index is 1.99. The minimum atomic E-state index is -0.553. The molecule has 1 N–H and O–H groups in total. The molecule has 0 spiro atoms. The molecule has 0 aliphatic carbocycles. The molecule has 22 heavy (non-hydrogen) atoms. The minimum absolute atomic E-state index is 0.0274. The lowest BCUT2D eigenvalue weighted by Gasteiger charge is -2.22. The highest BCUT2D eigenvalue weighted by atomic mass is 16.6. The molecule has 1 unspecified atom stereocenters. The second-order valence-corrected chi connectivity index (χ2v) is 6.18. The molecule has 1 fully saturated rings. The summed E-state index contributed by atoms with van der Waals surface area (Å²) in [6.45, 7) is 6.45. The van der Waals surface area contributed by atoms with Crippen LogP contribution in [0.1, 0.15) is 27.2 Å². The molecule has 2 rings (SSSR count). The van der Waals surface area contributed by atoms with Crippen molar-refractivity contribution in [1.29, 1.82) is 0 Å². The summed E-state index contributed by atoms with van der Waals surface area (Å²) >= 11 is 0. The van der Waals surface area contributed by atoms with E-state index in [9.17, 15) is 14.9 Å². The summed E-state index contributed by atoms with van der Waals surface area (Å²) in [5.74, 6) is 0.334. The maximum absolute atomic E-state index is 11.8. The number of nitro groups is 1. The standard InChI is InChI=1S/C14H20N4O4/c1-14(2,3)22-13(19)16-10-6-8-17(9-10)12-11(18(20)21)5-4-7-15-12/h4-5,7,10H,6,8-9H2,1-3H3,(H,16,19). The lowest BCUT2D eigenvalue weighted by Crippen LogP contribution is -2.40. The van der Waals surface area contributed by atoms with Crippen LogP contribution in [0.2, 0.25) is 0 Å². The van der Waals surface area contributed by atoms with E-state index in [1.165, 1.54) is 18.3 Å². The van der Waals surface area contributed by atoms with Gasteiger partial charge in [-0.1, -0.05) is 0 Å². The fourth-order valence-corrected chi connectivity index (χ4v) is 2.32. The second kappa shape index (κ2) is 6.17. The summed E-state index contributed by atoms with van der Waals surface area (Å²) < 4.78 is 5.21. The van der Waals surface area contributed by atoms with Gasteiger partial charge in [-0.2, -0.15) is 0 Å². The lowest BCUT2D eigenvalue weighted by molar-refractivity contribution is -0.384. The van der Waals surface area contributed by atoms with Crippen molar-refractivity contribution in [3.05, 3.63) is 28.4 Å². The van der Waals surface area contributed by atoms with Crippen LogP contribution in [0.5, 0.6) is 0 Å². The molecule has 8 nitrogen and oxygen atoms in total. The molecule has 1 aliphatic heterocycles. The number of alkyl carbamates (subject to hydrolysis) is 1. The first-order chi connectivity index (χ1) is 10.3. The zero-order valence-corrected chi connectivity index (χ0v) is 12.9. The van der Waals surface area contributed by atoms with Gasteiger partial charge in [-0.25, -0.2) is 9.78 Å². The van der Waals surface area contributed by atoms with Gasteiger partial charge in [0, 0.05) is 25.4 Å². The number of carbonyl (C=O) groups excluding carboxylic acids is 1. The monoisotopic (exact) mass is 308 g/mol. The molecule has 1 aromatic heterocycles. The van der Waals surface area contributed by atoms with E-state index in [-0.39, 0.29) is 11.7 Å². The summed E-state index contributed by atoms with van der Waals surface area (Å²) in [6.07, 6.45) is 1.74. The Morgan fingerprint density at radius 3 is 2.91 bits per heavy atom. The van der Waals surface area contributed by atoms with Gasteiger partial charge in [-0.3, -0.25) is 10.1 Å². The summed E-state index contributed by atoms with van der Waals surface area (Å²) in [5.41, 5.74) is -0.581. The maximum atomic E-state index is 11.8. The van der Waals surface area contributed by atoms with E-state index >= 15 is 0 Å². The van der Waals surface area contributed by atoms with Crippen LogP contribution < -0.4 is 10.2 Å². The molecule has 0 saturated carbocycles. The molecule has 1 amide bonds. The quantitative estimate of drug-likeness (QED) is 0.678. The Morgan fingerprint density at radius 2 is 2.27 bits per heavy atom. The molecule has 1 aliphatic rings. The van der Waals surface area contributed by atoms with Crippen LogP contribution in [0.25, 0.3) is 0 Å². The molecule has 1 atom stereocenters. The third kappa shape index (κ3) is 4.06. The number of aromatic nitrogens is 1. The Labute approximate surface area is 128 Å². The minimum Gasteiger partial charge on any atom is -0.444 e. The van der Waals surface area contributed by atoms with E-state index in [4.69, 9.17) is 4.74 Å². The molecule has 0 radical (unpaired) electrons. The molecule has 0 aromatic carbocycles. The average Bonchev–Trinajstić information content (AvgIpc) is 2.84. The number of nitrogens with zero attached hydrogens (tertiary/aromatic N) is 3. The predicted molar refractivity (Wildman–Crippen MR) is 80.9 cm³/mol. The fourth-order valence-electron chi connectivity index (χ4n) is 2.32. The van der Waals surface area contributed by atoms with Crippen molar-refractivity contribution in [2.75, 3.05) is 18.0 Å². The second-order valence-electron chi connectivity index (χ2n) is 6.18. The van der Waals surface area contributed by atoms with Crippen LogP contribution >= 0.6 is 0 Å². The highest BCUT2D eigenvalue weighted by Crippen LogP contribution is 2.27. The topological polar surface area (TPSA) is 97.6 Å². The summed E-state index contributed by atoms with van der Waals surface area (Å²) in [4.78, 5) is 28.3. The number of pyridine rings is 1. The van der Waals surface area contributed by atoms with Crippen LogP contribution in [-0.4, -0.2) is 40.7 Å². The van der Waals surface area contributed by atoms with Gasteiger partial charge in [0.15, 0.2) is 0 Å². The summed E-state index contributed by atoms with van der Waals surface area (Å²) in [6, 6.07) is 2.85. The number of nitrogens with one attached hydrogen (secondary N) is 1. The molecular weight excluding hydrogens is 288 g/mol. The van der Waals surface area contributed by atoms with Crippen molar-refractivity contribution in [2.45, 2.75) is 38.8 Å². The van der Waals surface area contributed by atoms with Crippen molar-refractivity contribution >= 4 is 17.6 Å². The van der Waals surface area contributed by atoms with Gasteiger partial charge >= 0.3 is 11.8 Å². The zero-order valence-electron chi connectivity index (χ0n) is 12.9. The SMILES string of the molecule is CC(C)(C)OC(=O)NC1CCN(c2ncccc2[N+](=O)[O-])C1. The molecule has 1 aromatic rings. The number of hydrogen-bond donors (Lipinski definition) is 1. The number of ether oxygens (including phenoxy) is 1. The average molecular weight is 308 g/mol. The van der Waals surface area contributed by atoms with E-state index in [0.717, 1.165) is 0 Å². The third-order valence-corrected chi connectivity index (χ3v) is 3.17. The van der Waals surface area contributed by atoms with Gasteiger partial charge in [-0.15, -0.1) is 0 Å². The lowest BCUT2D eigenvalue weighted by atomic mass is 10.2. The van der Waals surface area contributed by atoms with E-state index in [1.807, 2.05) is 0 Å². The Bertz CT molecular complexity index is 570. The smallest absolute Gasteiger partial charge is 0.407 e. The van der Waals surface area contributed by atoms with E-state index in [1.54, 1.807) is 25.7 Å². The van der Waals surface area contributed by atoms with Gasteiger partial charge in [0.2, 0.25) is 5.82 Å². The molecular formula is C14H20N4O4. The maximum Gasteiger partial charge on any atom is 0.407 e. The molecule has 8 heteroatoms.